The van der Waals surface area contributed by atoms with Gasteiger partial charge in [-0.2, -0.15) is 35.1 Å². The van der Waals surface area contributed by atoms with E-state index in [1.807, 2.05) is 0 Å². The van der Waals surface area contributed by atoms with Crippen molar-refractivity contribution >= 4 is 5.97 Å². The first-order chi connectivity index (χ1) is 11.2. The Morgan fingerprint density at radius 3 is 1.38 bits per heavy atom. The van der Waals surface area contributed by atoms with Crippen molar-refractivity contribution in [3.05, 3.63) is 12.2 Å². The third kappa shape index (κ3) is 5.41. The minimum absolute atomic E-state index is 0.176. The lowest BCUT2D eigenvalue weighted by molar-refractivity contribution is -0.424. The highest BCUT2D eigenvalue weighted by molar-refractivity contribution is 5.84. The number of carbonyl (C=O) groups is 1. The zero-order valence-corrected chi connectivity index (χ0v) is 12.3. The SMILES string of the molecule is C=C(C)C(=O)O.OC(F)(F)C(F)(F)C(F)(F)C(F)(F)C(F)C(F)C(F)F. The molecule has 0 aromatic carbocycles. The first-order valence-electron chi connectivity index (χ1n) is 5.84. The number of rotatable bonds is 7. The van der Waals surface area contributed by atoms with Crippen molar-refractivity contribution in [3.63, 3.8) is 0 Å². The first-order valence-corrected chi connectivity index (χ1v) is 5.84. The molecule has 0 amide bonds. The Balaban J connectivity index is 0. The molecule has 0 aliphatic rings. The molecule has 26 heavy (non-hydrogen) atoms. The largest absolute Gasteiger partial charge is 0.478 e. The van der Waals surface area contributed by atoms with Gasteiger partial charge in [0.1, 0.15) is 0 Å². The number of aliphatic carboxylic acids is 1. The van der Waals surface area contributed by atoms with E-state index in [1.165, 1.54) is 6.92 Å². The van der Waals surface area contributed by atoms with Crippen LogP contribution in [0.1, 0.15) is 6.92 Å². The smallest absolute Gasteiger partial charge is 0.423 e. The standard InChI is InChI=1S/C7H4F12O.C4H6O2/c8-1(3(10)11)2(9)4(12,13)5(14,15)6(16,17)7(18,19)20;1-3(2)4(5)6/h1-3,20H;1H2,2H3,(H,5,6). The van der Waals surface area contributed by atoms with Crippen LogP contribution in [0.3, 0.4) is 0 Å². The van der Waals surface area contributed by atoms with Crippen molar-refractivity contribution < 1.29 is 67.7 Å². The Labute approximate surface area is 136 Å². The van der Waals surface area contributed by atoms with Crippen LogP contribution in [-0.4, -0.2) is 58.8 Å². The summed E-state index contributed by atoms with van der Waals surface area (Å²) < 4.78 is 146. The van der Waals surface area contributed by atoms with Crippen LogP contribution >= 0.6 is 0 Å². The van der Waals surface area contributed by atoms with Crippen molar-refractivity contribution in [3.8, 4) is 0 Å². The molecule has 0 heterocycles. The van der Waals surface area contributed by atoms with Gasteiger partial charge in [-0.15, -0.1) is 0 Å². The summed E-state index contributed by atoms with van der Waals surface area (Å²) in [5.74, 6) is -22.5. The van der Waals surface area contributed by atoms with Gasteiger partial charge < -0.3 is 10.2 Å². The van der Waals surface area contributed by atoms with Crippen LogP contribution in [0, 0.1) is 0 Å². The molecule has 0 spiro atoms. The molecule has 0 rings (SSSR count). The van der Waals surface area contributed by atoms with Gasteiger partial charge in [-0.1, -0.05) is 6.58 Å². The molecule has 0 saturated heterocycles. The summed E-state index contributed by atoms with van der Waals surface area (Å²) in [5.41, 5.74) is 0.176. The van der Waals surface area contributed by atoms with Crippen LogP contribution < -0.4 is 0 Å². The summed E-state index contributed by atoms with van der Waals surface area (Å²) in [4.78, 5) is 9.60. The molecule has 2 atom stereocenters. The fourth-order valence-electron chi connectivity index (χ4n) is 0.899. The van der Waals surface area contributed by atoms with E-state index < -0.39 is 48.6 Å². The average molecular weight is 418 g/mol. The van der Waals surface area contributed by atoms with Gasteiger partial charge in [-0.25, -0.2) is 22.4 Å². The van der Waals surface area contributed by atoms with Crippen LogP contribution in [0.25, 0.3) is 0 Å². The molecule has 0 saturated carbocycles. The van der Waals surface area contributed by atoms with Gasteiger partial charge in [0.05, 0.1) is 0 Å². The number of aliphatic hydroxyl groups is 1. The average Bonchev–Trinajstić information content (AvgIpc) is 2.44. The fourth-order valence-corrected chi connectivity index (χ4v) is 0.899. The second kappa shape index (κ2) is 8.35. The Morgan fingerprint density at radius 1 is 0.885 bits per heavy atom. The van der Waals surface area contributed by atoms with Gasteiger partial charge >= 0.3 is 29.8 Å². The third-order valence-electron chi connectivity index (χ3n) is 2.42. The number of hydrogen-bond donors (Lipinski definition) is 2. The molecule has 3 nitrogen and oxygen atoms in total. The molecule has 2 N–H and O–H groups in total. The summed E-state index contributed by atoms with van der Waals surface area (Å²) in [6.07, 6.45) is -21.2. The zero-order chi connectivity index (χ0) is 21.9. The number of hydrogen-bond acceptors (Lipinski definition) is 2. The molecule has 0 aromatic rings. The maximum absolute atomic E-state index is 12.6. The van der Waals surface area contributed by atoms with Crippen molar-refractivity contribution in [1.29, 1.82) is 0 Å². The van der Waals surface area contributed by atoms with Gasteiger partial charge in [0.2, 0.25) is 6.17 Å². The molecule has 2 unspecified atom stereocenters. The number of carboxylic acids is 1. The molecular formula is C11H10F12O3. The van der Waals surface area contributed by atoms with E-state index in [4.69, 9.17) is 10.2 Å². The number of alkyl halides is 12. The van der Waals surface area contributed by atoms with E-state index in [9.17, 15) is 57.5 Å². The molecule has 0 bridgehead atoms. The van der Waals surface area contributed by atoms with E-state index in [0.29, 0.717) is 0 Å². The summed E-state index contributed by atoms with van der Waals surface area (Å²) in [6, 6.07) is 0. The van der Waals surface area contributed by atoms with Crippen LogP contribution in [0.4, 0.5) is 52.7 Å². The van der Waals surface area contributed by atoms with E-state index in [0.717, 1.165) is 0 Å². The molecule has 0 radical (unpaired) electrons. The fraction of sp³-hybridized carbons (Fsp3) is 0.727. The monoisotopic (exact) mass is 418 g/mol. The predicted octanol–water partition coefficient (Wildman–Crippen LogP) is 4.07. The molecule has 15 heteroatoms. The predicted molar refractivity (Wildman–Crippen MR) is 60.3 cm³/mol. The Morgan fingerprint density at radius 2 is 1.19 bits per heavy atom. The van der Waals surface area contributed by atoms with Crippen molar-refractivity contribution in [2.45, 2.75) is 49.6 Å². The van der Waals surface area contributed by atoms with Crippen LogP contribution in [0.5, 0.6) is 0 Å². The van der Waals surface area contributed by atoms with Crippen molar-refractivity contribution in [2.75, 3.05) is 0 Å². The van der Waals surface area contributed by atoms with E-state index in [-0.39, 0.29) is 5.57 Å². The van der Waals surface area contributed by atoms with Crippen LogP contribution in [-0.2, 0) is 4.79 Å². The lowest BCUT2D eigenvalue weighted by atomic mass is 9.97. The second-order valence-electron chi connectivity index (χ2n) is 4.58. The van der Waals surface area contributed by atoms with Crippen LogP contribution in [0.15, 0.2) is 12.2 Å². The minimum atomic E-state index is -7.35. The summed E-state index contributed by atoms with van der Waals surface area (Å²) in [5, 5.41) is 15.3. The van der Waals surface area contributed by atoms with Gasteiger partial charge in [-0.05, 0) is 6.92 Å². The topological polar surface area (TPSA) is 57.5 Å². The highest BCUT2D eigenvalue weighted by atomic mass is 19.4. The lowest BCUT2D eigenvalue weighted by Gasteiger charge is -2.36. The highest BCUT2D eigenvalue weighted by Gasteiger charge is 2.83. The maximum Gasteiger partial charge on any atom is 0.423 e. The maximum atomic E-state index is 12.6. The number of halogens is 12. The normalized spacial score (nSPS) is 15.8. The summed E-state index contributed by atoms with van der Waals surface area (Å²) in [6.45, 7) is 4.60. The van der Waals surface area contributed by atoms with E-state index >= 15 is 0 Å². The Bertz CT molecular complexity index is 487. The molecule has 0 fully saturated rings. The van der Waals surface area contributed by atoms with E-state index in [1.54, 1.807) is 0 Å². The highest BCUT2D eigenvalue weighted by Crippen LogP contribution is 2.54. The third-order valence-corrected chi connectivity index (χ3v) is 2.42. The zero-order valence-electron chi connectivity index (χ0n) is 12.3. The summed E-state index contributed by atoms with van der Waals surface area (Å²) in [7, 11) is 0. The minimum Gasteiger partial charge on any atom is -0.478 e. The molecule has 156 valence electrons. The lowest BCUT2D eigenvalue weighted by Crippen LogP contribution is -2.66. The number of carboxylic acid groups (broad SMARTS) is 1. The van der Waals surface area contributed by atoms with Gasteiger partial charge in [-0.3, -0.25) is 0 Å². The van der Waals surface area contributed by atoms with Crippen molar-refractivity contribution in [2.24, 2.45) is 0 Å². The van der Waals surface area contributed by atoms with Crippen molar-refractivity contribution in [1.82, 2.24) is 0 Å². The van der Waals surface area contributed by atoms with E-state index in [2.05, 4.69) is 6.58 Å². The quantitative estimate of drug-likeness (QED) is 0.484. The summed E-state index contributed by atoms with van der Waals surface area (Å²) >= 11 is 0. The molecule has 0 aliphatic heterocycles. The molecular weight excluding hydrogens is 408 g/mol. The first kappa shape index (κ1) is 26.6. The second-order valence-corrected chi connectivity index (χ2v) is 4.58. The Hall–Kier alpha value is -1.67. The van der Waals surface area contributed by atoms with Gasteiger partial charge in [0, 0.05) is 5.57 Å². The van der Waals surface area contributed by atoms with Gasteiger partial charge in [0.15, 0.2) is 6.17 Å². The van der Waals surface area contributed by atoms with Gasteiger partial charge in [0.25, 0.3) is 6.43 Å². The molecule has 0 aliphatic carbocycles. The molecule has 0 aromatic heterocycles. The Kier molecular flexibility index (Phi) is 8.53. The van der Waals surface area contributed by atoms with Crippen LogP contribution in [0.2, 0.25) is 0 Å².